The standard InChI is InChI=1S/C32H35N5O2S/c38-29(36-14-4-5-15-36)21-39-26-11-8-23(9-12-26)24-10-13-27-28(20-24)40-32-30(27)31(33-22-34-32)37-18-16-35(17-19-37)25-6-2-1-3-7-25/h1-3,6-9,11-12,22,24H,4-5,10,13-21H2. The molecule has 206 valence electrons. The minimum atomic E-state index is 0.0895. The topological polar surface area (TPSA) is 61.8 Å². The highest BCUT2D eigenvalue weighted by atomic mass is 32.1. The largest absolute Gasteiger partial charge is 0.484 e. The van der Waals surface area contributed by atoms with Crippen molar-refractivity contribution >= 4 is 39.0 Å². The number of ether oxygens (including phenoxy) is 1. The van der Waals surface area contributed by atoms with Crippen LogP contribution in [-0.4, -0.2) is 66.7 Å². The molecular formula is C32H35N5O2S. The van der Waals surface area contributed by atoms with E-state index in [2.05, 4.69) is 52.3 Å². The quantitative estimate of drug-likeness (QED) is 0.323. The third kappa shape index (κ3) is 5.01. The number of amides is 1. The molecule has 4 aromatic rings. The van der Waals surface area contributed by atoms with Crippen LogP contribution in [-0.2, 0) is 17.6 Å². The van der Waals surface area contributed by atoms with Crippen LogP contribution < -0.4 is 14.5 Å². The van der Waals surface area contributed by atoms with Gasteiger partial charge in [-0.25, -0.2) is 9.97 Å². The second kappa shape index (κ2) is 11.1. The van der Waals surface area contributed by atoms with E-state index in [1.165, 1.54) is 27.1 Å². The van der Waals surface area contributed by atoms with Gasteiger partial charge >= 0.3 is 0 Å². The van der Waals surface area contributed by atoms with Gasteiger partial charge in [-0.2, -0.15) is 0 Å². The highest BCUT2D eigenvalue weighted by Crippen LogP contribution is 2.43. The van der Waals surface area contributed by atoms with Crippen LogP contribution in [0.3, 0.4) is 0 Å². The first-order valence-corrected chi connectivity index (χ1v) is 15.4. The van der Waals surface area contributed by atoms with Crippen molar-refractivity contribution in [1.82, 2.24) is 14.9 Å². The predicted octanol–water partition coefficient (Wildman–Crippen LogP) is 5.29. The molecule has 1 amide bonds. The lowest BCUT2D eigenvalue weighted by Gasteiger charge is -2.37. The molecule has 1 aliphatic carbocycles. The highest BCUT2D eigenvalue weighted by molar-refractivity contribution is 7.19. The van der Waals surface area contributed by atoms with Crippen molar-refractivity contribution in [1.29, 1.82) is 0 Å². The van der Waals surface area contributed by atoms with Gasteiger partial charge < -0.3 is 19.4 Å². The molecule has 7 rings (SSSR count). The van der Waals surface area contributed by atoms with E-state index in [1.54, 1.807) is 6.33 Å². The van der Waals surface area contributed by atoms with Gasteiger partial charge in [-0.05, 0) is 73.4 Å². The number of rotatable bonds is 6. The summed E-state index contributed by atoms with van der Waals surface area (Å²) < 4.78 is 5.81. The second-order valence-corrected chi connectivity index (χ2v) is 12.2. The van der Waals surface area contributed by atoms with Gasteiger partial charge in [-0.15, -0.1) is 11.3 Å². The number of benzene rings is 2. The van der Waals surface area contributed by atoms with E-state index in [9.17, 15) is 4.79 Å². The maximum atomic E-state index is 12.3. The zero-order chi connectivity index (χ0) is 26.9. The Balaban J connectivity index is 1.03. The molecule has 0 saturated carbocycles. The van der Waals surface area contributed by atoms with Crippen LogP contribution >= 0.6 is 11.3 Å². The number of aryl methyl sites for hydroxylation is 1. The van der Waals surface area contributed by atoms with Crippen LogP contribution in [0.15, 0.2) is 60.9 Å². The molecule has 2 aromatic heterocycles. The normalized spacial score (nSPS) is 19.2. The molecular weight excluding hydrogens is 518 g/mol. The molecule has 3 aliphatic rings. The molecule has 2 saturated heterocycles. The minimum absolute atomic E-state index is 0.0895. The number of piperazine rings is 1. The minimum Gasteiger partial charge on any atom is -0.484 e. The van der Waals surface area contributed by atoms with Gasteiger partial charge in [-0.3, -0.25) is 4.79 Å². The summed E-state index contributed by atoms with van der Waals surface area (Å²) in [6, 6.07) is 19.1. The summed E-state index contributed by atoms with van der Waals surface area (Å²) in [5.41, 5.74) is 4.09. The molecule has 2 aromatic carbocycles. The molecule has 2 fully saturated rings. The summed E-state index contributed by atoms with van der Waals surface area (Å²) >= 11 is 1.85. The predicted molar refractivity (Wildman–Crippen MR) is 161 cm³/mol. The van der Waals surface area contributed by atoms with Crippen molar-refractivity contribution in [3.8, 4) is 5.75 Å². The number of thiophene rings is 1. The molecule has 8 heteroatoms. The fraction of sp³-hybridized carbons (Fsp3) is 0.406. The highest BCUT2D eigenvalue weighted by Gasteiger charge is 2.28. The van der Waals surface area contributed by atoms with Crippen LogP contribution in [0.4, 0.5) is 11.5 Å². The lowest BCUT2D eigenvalue weighted by molar-refractivity contribution is -0.132. The van der Waals surface area contributed by atoms with E-state index in [0.29, 0.717) is 5.92 Å². The van der Waals surface area contributed by atoms with Gasteiger partial charge in [0.05, 0.1) is 5.39 Å². The van der Waals surface area contributed by atoms with Crippen molar-refractivity contribution in [2.45, 2.75) is 38.0 Å². The second-order valence-electron chi connectivity index (χ2n) is 11.1. The van der Waals surface area contributed by atoms with Crippen LogP contribution in [0, 0.1) is 0 Å². The molecule has 1 unspecified atom stereocenters. The third-order valence-electron chi connectivity index (χ3n) is 8.70. The van der Waals surface area contributed by atoms with Gasteiger partial charge in [-0.1, -0.05) is 30.3 Å². The Hall–Kier alpha value is -3.65. The fourth-order valence-corrected chi connectivity index (χ4v) is 7.73. The molecule has 4 heterocycles. The number of nitrogens with zero attached hydrogens (tertiary/aromatic N) is 5. The van der Waals surface area contributed by atoms with Crippen LogP contribution in [0.2, 0.25) is 0 Å². The van der Waals surface area contributed by atoms with Crippen LogP contribution in [0.25, 0.3) is 10.2 Å². The summed E-state index contributed by atoms with van der Waals surface area (Å²) in [5, 5.41) is 1.28. The van der Waals surface area contributed by atoms with Gasteiger partial charge in [0.25, 0.3) is 5.91 Å². The molecule has 0 spiro atoms. The Labute approximate surface area is 239 Å². The molecule has 7 nitrogen and oxygen atoms in total. The Morgan fingerprint density at radius 2 is 1.65 bits per heavy atom. The first-order chi connectivity index (χ1) is 19.7. The number of hydrogen-bond acceptors (Lipinski definition) is 7. The maximum absolute atomic E-state index is 12.3. The third-order valence-corrected chi connectivity index (χ3v) is 9.86. The maximum Gasteiger partial charge on any atom is 0.260 e. The Morgan fingerprint density at radius 3 is 2.42 bits per heavy atom. The van der Waals surface area contributed by atoms with Crippen molar-refractivity contribution in [2.75, 3.05) is 55.7 Å². The molecule has 2 aliphatic heterocycles. The number of aromatic nitrogens is 2. The number of fused-ring (bicyclic) bond motifs is 3. The molecule has 0 N–H and O–H groups in total. The number of anilines is 2. The first-order valence-electron chi connectivity index (χ1n) is 14.5. The molecule has 0 radical (unpaired) electrons. The van der Waals surface area contributed by atoms with Crippen LogP contribution in [0.5, 0.6) is 5.75 Å². The van der Waals surface area contributed by atoms with Crippen molar-refractivity contribution in [3.05, 3.63) is 76.9 Å². The van der Waals surface area contributed by atoms with E-state index >= 15 is 0 Å². The Bertz CT molecular complexity index is 1470. The smallest absolute Gasteiger partial charge is 0.260 e. The van der Waals surface area contributed by atoms with Crippen LogP contribution in [0.1, 0.15) is 41.2 Å². The van der Waals surface area contributed by atoms with Gasteiger partial charge in [0, 0.05) is 49.8 Å². The average molecular weight is 554 g/mol. The summed E-state index contributed by atoms with van der Waals surface area (Å²) in [6.45, 7) is 5.77. The van der Waals surface area contributed by atoms with E-state index < -0.39 is 0 Å². The van der Waals surface area contributed by atoms with E-state index in [1.807, 2.05) is 28.4 Å². The number of carbonyl (C=O) groups is 1. The van der Waals surface area contributed by atoms with Gasteiger partial charge in [0.1, 0.15) is 22.7 Å². The number of carbonyl (C=O) groups excluding carboxylic acids is 1. The summed E-state index contributed by atoms with van der Waals surface area (Å²) in [6.07, 6.45) is 7.14. The van der Waals surface area contributed by atoms with E-state index in [4.69, 9.17) is 14.7 Å². The fourth-order valence-electron chi connectivity index (χ4n) is 6.47. The van der Waals surface area contributed by atoms with Crippen molar-refractivity contribution in [3.63, 3.8) is 0 Å². The van der Waals surface area contributed by atoms with Crippen molar-refractivity contribution in [2.24, 2.45) is 0 Å². The Morgan fingerprint density at radius 1 is 0.900 bits per heavy atom. The zero-order valence-electron chi connectivity index (χ0n) is 22.8. The lowest BCUT2D eigenvalue weighted by atomic mass is 9.83. The average Bonchev–Trinajstić information content (AvgIpc) is 3.69. The van der Waals surface area contributed by atoms with Gasteiger partial charge in [0.15, 0.2) is 6.61 Å². The van der Waals surface area contributed by atoms with E-state index in [0.717, 1.165) is 87.8 Å². The Kier molecular flexibility index (Phi) is 7.02. The number of hydrogen-bond donors (Lipinski definition) is 0. The molecule has 40 heavy (non-hydrogen) atoms. The van der Waals surface area contributed by atoms with E-state index in [-0.39, 0.29) is 12.5 Å². The summed E-state index contributed by atoms with van der Waals surface area (Å²) in [4.78, 5) is 31.2. The monoisotopic (exact) mass is 553 g/mol. The first kappa shape index (κ1) is 25.3. The van der Waals surface area contributed by atoms with Gasteiger partial charge in [0.2, 0.25) is 0 Å². The molecule has 1 atom stereocenters. The lowest BCUT2D eigenvalue weighted by Crippen LogP contribution is -2.46. The zero-order valence-corrected chi connectivity index (χ0v) is 23.6. The SMILES string of the molecule is O=C(COc1ccc(C2CCc3c(sc4ncnc(N5CCN(c6ccccc6)CC5)c34)C2)cc1)N1CCCC1. The summed E-state index contributed by atoms with van der Waals surface area (Å²) in [5.74, 6) is 2.44. The van der Waals surface area contributed by atoms with Crippen molar-refractivity contribution < 1.29 is 9.53 Å². The summed E-state index contributed by atoms with van der Waals surface area (Å²) in [7, 11) is 0. The molecule has 0 bridgehead atoms. The number of para-hydroxylation sites is 1. The number of likely N-dealkylation sites (tertiary alicyclic amines) is 1.